The quantitative estimate of drug-likeness (QED) is 0.824. The van der Waals surface area contributed by atoms with Gasteiger partial charge in [0, 0.05) is 21.8 Å². The Balaban J connectivity index is 1.67. The molecule has 0 aromatic heterocycles. The Bertz CT molecular complexity index is 464. The Hall–Kier alpha value is -1.03. The molecule has 4 heteroatoms. The number of fused-ring (bicyclic) bond motifs is 1. The third-order valence-corrected chi connectivity index (χ3v) is 4.66. The number of rotatable bonds is 2. The average molecular weight is 295 g/mol. The van der Waals surface area contributed by atoms with Crippen molar-refractivity contribution in [3.8, 4) is 0 Å². The number of nitrogens with one attached hydrogen (secondary N) is 1. The fourth-order valence-electron chi connectivity index (χ4n) is 3.04. The Morgan fingerprint density at radius 1 is 1.35 bits per heavy atom. The van der Waals surface area contributed by atoms with E-state index in [4.69, 9.17) is 5.73 Å². The number of nitrogens with two attached hydrogens (primary N) is 1. The lowest BCUT2D eigenvalue weighted by Gasteiger charge is -2.08. The minimum absolute atomic E-state index is 0.177. The number of carbonyl (C=O) groups is 1. The first-order chi connectivity index (χ1) is 8.16. The van der Waals surface area contributed by atoms with Crippen LogP contribution in [-0.4, -0.2) is 5.91 Å². The molecule has 2 atom stereocenters. The first kappa shape index (κ1) is 11.1. The maximum absolute atomic E-state index is 12.0. The van der Waals surface area contributed by atoms with Gasteiger partial charge in [-0.3, -0.25) is 4.79 Å². The van der Waals surface area contributed by atoms with Gasteiger partial charge in [0.2, 0.25) is 5.91 Å². The number of benzene rings is 1. The van der Waals surface area contributed by atoms with Gasteiger partial charge >= 0.3 is 0 Å². The van der Waals surface area contributed by atoms with E-state index >= 15 is 0 Å². The second kappa shape index (κ2) is 4.02. The molecule has 3 N–H and O–H groups in total. The van der Waals surface area contributed by atoms with E-state index in [1.54, 1.807) is 6.07 Å². The van der Waals surface area contributed by atoms with E-state index in [9.17, 15) is 4.79 Å². The highest BCUT2D eigenvalue weighted by molar-refractivity contribution is 9.10. The fourth-order valence-corrected chi connectivity index (χ4v) is 3.42. The second-order valence-corrected chi connectivity index (χ2v) is 5.86. The smallest absolute Gasteiger partial charge is 0.228 e. The maximum atomic E-state index is 12.0. The van der Waals surface area contributed by atoms with Crippen molar-refractivity contribution in [2.45, 2.75) is 19.3 Å². The first-order valence-corrected chi connectivity index (χ1v) is 6.82. The maximum Gasteiger partial charge on any atom is 0.228 e. The minimum atomic E-state index is 0.177. The minimum Gasteiger partial charge on any atom is -0.398 e. The van der Waals surface area contributed by atoms with Crippen molar-refractivity contribution in [3.05, 3.63) is 22.7 Å². The van der Waals surface area contributed by atoms with Gasteiger partial charge in [-0.25, -0.2) is 0 Å². The second-order valence-electron chi connectivity index (χ2n) is 5.01. The molecule has 0 heterocycles. The van der Waals surface area contributed by atoms with Crippen LogP contribution in [0.25, 0.3) is 0 Å². The largest absolute Gasteiger partial charge is 0.398 e. The normalized spacial score (nSPS) is 29.8. The molecule has 0 aliphatic heterocycles. The third kappa shape index (κ3) is 1.95. The van der Waals surface area contributed by atoms with Crippen LogP contribution in [-0.2, 0) is 4.79 Å². The van der Waals surface area contributed by atoms with Gasteiger partial charge in [0.1, 0.15) is 0 Å². The summed E-state index contributed by atoms with van der Waals surface area (Å²) in [7, 11) is 0. The molecule has 0 saturated heterocycles. The molecule has 3 nitrogen and oxygen atoms in total. The van der Waals surface area contributed by atoms with E-state index in [-0.39, 0.29) is 11.8 Å². The predicted octanol–water partition coefficient (Wildman–Crippen LogP) is 3.02. The van der Waals surface area contributed by atoms with Crippen molar-refractivity contribution in [2.24, 2.45) is 17.8 Å². The summed E-state index contributed by atoms with van der Waals surface area (Å²) in [5.41, 5.74) is 7.21. The Morgan fingerprint density at radius 2 is 2.06 bits per heavy atom. The van der Waals surface area contributed by atoms with Crippen molar-refractivity contribution in [1.29, 1.82) is 0 Å². The van der Waals surface area contributed by atoms with Crippen molar-refractivity contribution >= 4 is 33.2 Å². The molecule has 17 heavy (non-hydrogen) atoms. The lowest BCUT2D eigenvalue weighted by Crippen LogP contribution is -2.16. The van der Waals surface area contributed by atoms with Crippen LogP contribution in [0.1, 0.15) is 19.3 Å². The topological polar surface area (TPSA) is 55.1 Å². The lowest BCUT2D eigenvalue weighted by molar-refractivity contribution is -0.118. The van der Waals surface area contributed by atoms with E-state index in [2.05, 4.69) is 21.2 Å². The molecule has 2 unspecified atom stereocenters. The Morgan fingerprint density at radius 3 is 2.71 bits per heavy atom. The summed E-state index contributed by atoms with van der Waals surface area (Å²) in [5.74, 6) is 1.76. The van der Waals surface area contributed by atoms with Gasteiger partial charge in [0.15, 0.2) is 0 Å². The van der Waals surface area contributed by atoms with Crippen LogP contribution in [0.3, 0.4) is 0 Å². The van der Waals surface area contributed by atoms with Crippen LogP contribution in [0.2, 0.25) is 0 Å². The summed E-state index contributed by atoms with van der Waals surface area (Å²) >= 11 is 3.36. The van der Waals surface area contributed by atoms with E-state index in [1.165, 1.54) is 19.3 Å². The molecule has 3 rings (SSSR count). The average Bonchev–Trinajstić information content (AvgIpc) is 2.78. The number of hydrogen-bond donors (Lipinski definition) is 2. The number of anilines is 2. The van der Waals surface area contributed by atoms with Crippen molar-refractivity contribution < 1.29 is 4.79 Å². The van der Waals surface area contributed by atoms with Gasteiger partial charge in [-0.1, -0.05) is 6.42 Å². The van der Waals surface area contributed by atoms with Crippen LogP contribution in [0.15, 0.2) is 22.7 Å². The first-order valence-electron chi connectivity index (χ1n) is 6.02. The highest BCUT2D eigenvalue weighted by Gasteiger charge is 2.56. The van der Waals surface area contributed by atoms with Gasteiger partial charge in [0.25, 0.3) is 0 Å². The molecule has 1 aromatic rings. The summed E-state index contributed by atoms with van der Waals surface area (Å²) in [6, 6.07) is 5.50. The SMILES string of the molecule is Nc1ccc(NC(=O)C2C3CCCC32)cc1Br. The molecule has 1 aromatic carbocycles. The van der Waals surface area contributed by atoms with E-state index in [0.29, 0.717) is 17.5 Å². The lowest BCUT2D eigenvalue weighted by atomic mass is 10.1. The zero-order valence-electron chi connectivity index (χ0n) is 9.45. The summed E-state index contributed by atoms with van der Waals surface area (Å²) in [5, 5.41) is 2.98. The number of halogens is 1. The zero-order valence-corrected chi connectivity index (χ0v) is 11.0. The molecule has 1 amide bonds. The number of amides is 1. The standard InChI is InChI=1S/C13H15BrN2O/c14-10-6-7(4-5-11(10)15)16-13(17)12-8-2-1-3-9(8)12/h4-6,8-9,12H,1-3,15H2,(H,16,17). The van der Waals surface area contributed by atoms with Gasteiger partial charge < -0.3 is 11.1 Å². The molecule has 0 radical (unpaired) electrons. The molecular formula is C13H15BrN2O. The molecule has 0 spiro atoms. The summed E-state index contributed by atoms with van der Waals surface area (Å²) in [6.45, 7) is 0. The van der Waals surface area contributed by atoms with E-state index < -0.39 is 0 Å². The molecular weight excluding hydrogens is 280 g/mol. The monoisotopic (exact) mass is 294 g/mol. The number of hydrogen-bond acceptors (Lipinski definition) is 2. The molecule has 2 fully saturated rings. The summed E-state index contributed by atoms with van der Waals surface area (Å²) in [6.07, 6.45) is 3.76. The Kier molecular flexibility index (Phi) is 2.62. The molecule has 2 aliphatic rings. The summed E-state index contributed by atoms with van der Waals surface area (Å²) < 4.78 is 0.825. The molecule has 0 bridgehead atoms. The number of nitrogen functional groups attached to an aromatic ring is 1. The highest BCUT2D eigenvalue weighted by Crippen LogP contribution is 2.57. The van der Waals surface area contributed by atoms with Crippen LogP contribution >= 0.6 is 15.9 Å². The van der Waals surface area contributed by atoms with Crippen LogP contribution < -0.4 is 11.1 Å². The molecule has 2 saturated carbocycles. The van der Waals surface area contributed by atoms with Crippen molar-refractivity contribution in [2.75, 3.05) is 11.1 Å². The highest BCUT2D eigenvalue weighted by atomic mass is 79.9. The van der Waals surface area contributed by atoms with Crippen molar-refractivity contribution in [3.63, 3.8) is 0 Å². The van der Waals surface area contributed by atoms with Gasteiger partial charge in [-0.15, -0.1) is 0 Å². The van der Waals surface area contributed by atoms with Gasteiger partial charge in [0.05, 0.1) is 0 Å². The van der Waals surface area contributed by atoms with Gasteiger partial charge in [-0.05, 0) is 58.8 Å². The Labute approximate surface area is 109 Å². The zero-order chi connectivity index (χ0) is 12.0. The third-order valence-electron chi connectivity index (χ3n) is 3.98. The van der Waals surface area contributed by atoms with Crippen LogP contribution in [0, 0.1) is 17.8 Å². The fraction of sp³-hybridized carbons (Fsp3) is 0.462. The van der Waals surface area contributed by atoms with E-state index in [1.807, 2.05) is 12.1 Å². The number of carbonyl (C=O) groups excluding carboxylic acids is 1. The predicted molar refractivity (Wildman–Crippen MR) is 71.5 cm³/mol. The van der Waals surface area contributed by atoms with Gasteiger partial charge in [-0.2, -0.15) is 0 Å². The van der Waals surface area contributed by atoms with Crippen molar-refractivity contribution in [1.82, 2.24) is 0 Å². The molecule has 2 aliphatic carbocycles. The van der Waals surface area contributed by atoms with Crippen LogP contribution in [0.4, 0.5) is 11.4 Å². The van der Waals surface area contributed by atoms with Crippen LogP contribution in [0.5, 0.6) is 0 Å². The molecule has 90 valence electrons. The van der Waals surface area contributed by atoms with E-state index in [0.717, 1.165) is 10.2 Å². The summed E-state index contributed by atoms with van der Waals surface area (Å²) in [4.78, 5) is 12.0.